The van der Waals surface area contributed by atoms with Crippen LogP contribution in [0.1, 0.15) is 43.5 Å². The second-order valence-corrected chi connectivity index (χ2v) is 7.38. The van der Waals surface area contributed by atoms with Crippen LogP contribution < -0.4 is 0 Å². The number of nitrogens with zero attached hydrogens (tertiary/aromatic N) is 3. The van der Waals surface area contributed by atoms with E-state index in [4.69, 9.17) is 9.15 Å². The summed E-state index contributed by atoms with van der Waals surface area (Å²) >= 11 is 0. The Bertz CT molecular complexity index is 776. The average Bonchev–Trinajstić information content (AvgIpc) is 3.30. The lowest BCUT2D eigenvalue weighted by molar-refractivity contribution is -0.157. The Kier molecular flexibility index (Phi) is 4.53. The number of aryl methyl sites for hydroxylation is 1. The van der Waals surface area contributed by atoms with Crippen LogP contribution >= 0.6 is 0 Å². The molecule has 6 nitrogen and oxygen atoms in total. The maximum atomic E-state index is 13.1. The molecule has 2 aromatic rings. The van der Waals surface area contributed by atoms with E-state index in [0.717, 1.165) is 19.3 Å². The number of ether oxygens (including phenoxy) is 1. The van der Waals surface area contributed by atoms with Gasteiger partial charge >= 0.3 is 5.97 Å². The fraction of sp³-hybridized carbons (Fsp3) is 0.550. The van der Waals surface area contributed by atoms with Gasteiger partial charge < -0.3 is 9.15 Å². The molecule has 0 saturated carbocycles. The number of fused-ring (bicyclic) bond motifs is 2. The topological polar surface area (TPSA) is 68.5 Å². The molecule has 3 heterocycles. The number of carbonyl (C=O) groups excluding carboxylic acids is 1. The molecule has 0 spiro atoms. The standard InChI is InChI=1S/C20H25N3O3/c1-3-25-19(24)20(11-15-7-5-4-6-8-15)12-16-9-10-17(20)23(16)13-18-22-21-14(2)26-18/h4-8,16-17H,3,9-13H2,1-2H3/t16-,17+,20+/m1/s1. The number of rotatable bonds is 6. The average molecular weight is 355 g/mol. The molecule has 0 N–H and O–H groups in total. The quantitative estimate of drug-likeness (QED) is 0.742. The molecule has 1 aromatic heterocycles. The molecule has 138 valence electrons. The van der Waals surface area contributed by atoms with Gasteiger partial charge in [-0.15, -0.1) is 10.2 Å². The van der Waals surface area contributed by atoms with Gasteiger partial charge in [0.25, 0.3) is 0 Å². The van der Waals surface area contributed by atoms with E-state index in [9.17, 15) is 4.79 Å². The van der Waals surface area contributed by atoms with Crippen molar-refractivity contribution < 1.29 is 13.9 Å². The Morgan fingerprint density at radius 3 is 2.81 bits per heavy atom. The highest BCUT2D eigenvalue weighted by molar-refractivity contribution is 5.79. The third-order valence-electron chi connectivity index (χ3n) is 5.81. The monoisotopic (exact) mass is 355 g/mol. The SMILES string of the molecule is CCOC(=O)[C@@]1(Cc2ccccc2)C[C@H]2CC[C@@H]1N2Cc1nnc(C)o1. The zero-order valence-electron chi connectivity index (χ0n) is 15.4. The summed E-state index contributed by atoms with van der Waals surface area (Å²) in [5.41, 5.74) is 0.691. The fourth-order valence-electron chi connectivity index (χ4n) is 4.82. The number of benzene rings is 1. The fourth-order valence-corrected chi connectivity index (χ4v) is 4.82. The molecular weight excluding hydrogens is 330 g/mol. The predicted octanol–water partition coefficient (Wildman–Crippen LogP) is 2.91. The lowest BCUT2D eigenvalue weighted by atomic mass is 9.70. The highest BCUT2D eigenvalue weighted by atomic mass is 16.5. The van der Waals surface area contributed by atoms with Gasteiger partial charge in [0, 0.05) is 19.0 Å². The van der Waals surface area contributed by atoms with Gasteiger partial charge in [0.1, 0.15) is 0 Å². The zero-order chi connectivity index (χ0) is 18.1. The van der Waals surface area contributed by atoms with Gasteiger partial charge in [-0.2, -0.15) is 0 Å². The molecule has 2 bridgehead atoms. The van der Waals surface area contributed by atoms with Crippen molar-refractivity contribution in [3.05, 3.63) is 47.7 Å². The lowest BCUT2D eigenvalue weighted by Crippen LogP contribution is -2.46. The maximum absolute atomic E-state index is 13.1. The molecule has 4 rings (SSSR count). The lowest BCUT2D eigenvalue weighted by Gasteiger charge is -2.35. The number of esters is 1. The van der Waals surface area contributed by atoms with Crippen LogP contribution in [0.5, 0.6) is 0 Å². The van der Waals surface area contributed by atoms with Gasteiger partial charge in [0.05, 0.1) is 18.6 Å². The molecule has 0 amide bonds. The van der Waals surface area contributed by atoms with Crippen molar-refractivity contribution in [3.63, 3.8) is 0 Å². The first-order valence-electron chi connectivity index (χ1n) is 9.38. The molecule has 6 heteroatoms. The predicted molar refractivity (Wildman–Crippen MR) is 95.2 cm³/mol. The molecule has 2 aliphatic rings. The van der Waals surface area contributed by atoms with Gasteiger partial charge in [0.2, 0.25) is 11.8 Å². The van der Waals surface area contributed by atoms with Gasteiger partial charge in [-0.25, -0.2) is 0 Å². The Labute approximate surface area is 153 Å². The zero-order valence-corrected chi connectivity index (χ0v) is 15.4. The first kappa shape index (κ1) is 17.2. The summed E-state index contributed by atoms with van der Waals surface area (Å²) in [4.78, 5) is 15.4. The van der Waals surface area contributed by atoms with E-state index in [-0.39, 0.29) is 12.0 Å². The summed E-state index contributed by atoms with van der Waals surface area (Å²) in [5.74, 6) is 1.13. The Morgan fingerprint density at radius 2 is 2.12 bits per heavy atom. The maximum Gasteiger partial charge on any atom is 0.314 e. The van der Waals surface area contributed by atoms with E-state index in [1.165, 1.54) is 5.56 Å². The summed E-state index contributed by atoms with van der Waals surface area (Å²) in [6.07, 6.45) is 3.66. The van der Waals surface area contributed by atoms with Crippen molar-refractivity contribution in [2.45, 2.75) is 58.2 Å². The van der Waals surface area contributed by atoms with E-state index < -0.39 is 5.41 Å². The van der Waals surface area contributed by atoms with Crippen LogP contribution in [0.15, 0.2) is 34.7 Å². The molecular formula is C20H25N3O3. The van der Waals surface area contributed by atoms with Crippen molar-refractivity contribution in [3.8, 4) is 0 Å². The van der Waals surface area contributed by atoms with Crippen molar-refractivity contribution in [1.29, 1.82) is 0 Å². The summed E-state index contributed by atoms with van der Waals surface area (Å²) in [5, 5.41) is 8.08. The van der Waals surface area contributed by atoms with Crippen molar-refractivity contribution in [1.82, 2.24) is 15.1 Å². The number of carbonyl (C=O) groups is 1. The minimum Gasteiger partial charge on any atom is -0.466 e. The first-order valence-corrected chi connectivity index (χ1v) is 9.38. The molecule has 2 fully saturated rings. The van der Waals surface area contributed by atoms with E-state index in [2.05, 4.69) is 27.2 Å². The second-order valence-electron chi connectivity index (χ2n) is 7.38. The normalized spacial score (nSPS) is 27.8. The third kappa shape index (κ3) is 2.92. The molecule has 1 aromatic carbocycles. The van der Waals surface area contributed by atoms with E-state index in [1.54, 1.807) is 6.92 Å². The Hall–Kier alpha value is -2.21. The van der Waals surface area contributed by atoms with Crippen LogP contribution in [0.2, 0.25) is 0 Å². The highest BCUT2D eigenvalue weighted by Gasteiger charge is 2.60. The molecule has 26 heavy (non-hydrogen) atoms. The molecule has 2 saturated heterocycles. The summed E-state index contributed by atoms with van der Waals surface area (Å²) in [7, 11) is 0. The van der Waals surface area contributed by atoms with Crippen LogP contribution in [0, 0.1) is 12.3 Å². The molecule has 0 radical (unpaired) electrons. The van der Waals surface area contributed by atoms with Crippen molar-refractivity contribution in [2.75, 3.05) is 6.61 Å². The van der Waals surface area contributed by atoms with Crippen molar-refractivity contribution >= 4 is 5.97 Å². The summed E-state index contributed by atoms with van der Waals surface area (Å²) < 4.78 is 11.1. The number of aromatic nitrogens is 2. The third-order valence-corrected chi connectivity index (χ3v) is 5.81. The molecule has 2 aliphatic heterocycles. The minimum absolute atomic E-state index is 0.0669. The van der Waals surface area contributed by atoms with E-state index in [1.807, 2.05) is 25.1 Å². The largest absolute Gasteiger partial charge is 0.466 e. The van der Waals surface area contributed by atoms with Gasteiger partial charge in [-0.3, -0.25) is 9.69 Å². The van der Waals surface area contributed by atoms with E-state index >= 15 is 0 Å². The van der Waals surface area contributed by atoms with Crippen LogP contribution in [0.4, 0.5) is 0 Å². The molecule has 0 aliphatic carbocycles. The molecule has 3 atom stereocenters. The van der Waals surface area contributed by atoms with Gasteiger partial charge in [-0.05, 0) is 38.2 Å². The van der Waals surface area contributed by atoms with Crippen LogP contribution in [0.25, 0.3) is 0 Å². The van der Waals surface area contributed by atoms with Crippen LogP contribution in [0.3, 0.4) is 0 Å². The summed E-state index contributed by atoms with van der Waals surface area (Å²) in [6, 6.07) is 10.8. The summed E-state index contributed by atoms with van der Waals surface area (Å²) in [6.45, 7) is 4.69. The van der Waals surface area contributed by atoms with E-state index in [0.29, 0.717) is 37.4 Å². The highest BCUT2D eigenvalue weighted by Crippen LogP contribution is 2.52. The smallest absolute Gasteiger partial charge is 0.314 e. The Morgan fingerprint density at radius 1 is 1.31 bits per heavy atom. The Balaban J connectivity index is 1.63. The first-order chi connectivity index (χ1) is 12.6. The van der Waals surface area contributed by atoms with Crippen LogP contribution in [-0.2, 0) is 22.5 Å². The van der Waals surface area contributed by atoms with Gasteiger partial charge in [-0.1, -0.05) is 30.3 Å². The van der Waals surface area contributed by atoms with Crippen LogP contribution in [-0.4, -0.2) is 39.8 Å². The van der Waals surface area contributed by atoms with Gasteiger partial charge in [0.15, 0.2) is 0 Å². The molecule has 0 unspecified atom stereocenters. The number of hydrogen-bond acceptors (Lipinski definition) is 6. The number of hydrogen-bond donors (Lipinski definition) is 0. The minimum atomic E-state index is -0.491. The van der Waals surface area contributed by atoms with Crippen molar-refractivity contribution in [2.24, 2.45) is 5.41 Å². The second kappa shape index (κ2) is 6.83.